The van der Waals surface area contributed by atoms with Crippen LogP contribution in [0.4, 0.5) is 0 Å². The summed E-state index contributed by atoms with van der Waals surface area (Å²) in [7, 11) is -2.48. The Balaban J connectivity index is 2.66. The third kappa shape index (κ3) is 2.25. The van der Waals surface area contributed by atoms with Gasteiger partial charge in [-0.3, -0.25) is 4.57 Å². The molecule has 0 aromatic heterocycles. The van der Waals surface area contributed by atoms with E-state index in [1.807, 2.05) is 11.6 Å². The summed E-state index contributed by atoms with van der Waals surface area (Å²) in [6.07, 6.45) is 0.968. The summed E-state index contributed by atoms with van der Waals surface area (Å²) in [4.78, 5) is 0. The smallest absolute Gasteiger partial charge is 0.269 e. The zero-order valence-electron chi connectivity index (χ0n) is 7.56. The summed E-state index contributed by atoms with van der Waals surface area (Å²) >= 11 is 4.19. The highest BCUT2D eigenvalue weighted by Crippen LogP contribution is 2.50. The maximum absolute atomic E-state index is 11.8. The topological polar surface area (TPSA) is 29.5 Å². The van der Waals surface area contributed by atoms with Gasteiger partial charge in [-0.25, -0.2) is 4.67 Å². The van der Waals surface area contributed by atoms with Gasteiger partial charge in [-0.05, 0) is 13.3 Å². The van der Waals surface area contributed by atoms with E-state index in [-0.39, 0.29) is 6.04 Å². The maximum atomic E-state index is 11.8. The van der Waals surface area contributed by atoms with Gasteiger partial charge in [0.25, 0.3) is 7.52 Å². The van der Waals surface area contributed by atoms with Crippen molar-refractivity contribution in [1.82, 2.24) is 4.67 Å². The molecule has 5 heteroatoms. The molecule has 2 unspecified atom stereocenters. The van der Waals surface area contributed by atoms with E-state index in [1.165, 1.54) is 0 Å². The van der Waals surface area contributed by atoms with Crippen LogP contribution in [0.3, 0.4) is 0 Å². The number of hydrogen-bond acceptors (Lipinski definition) is 3. The van der Waals surface area contributed by atoms with Crippen LogP contribution in [0.2, 0.25) is 0 Å². The van der Waals surface area contributed by atoms with Crippen molar-refractivity contribution < 1.29 is 9.09 Å². The van der Waals surface area contributed by atoms with Crippen LogP contribution >= 0.6 is 20.1 Å². The van der Waals surface area contributed by atoms with Gasteiger partial charge in [0, 0.05) is 25.0 Å². The van der Waals surface area contributed by atoms with Crippen molar-refractivity contribution in [2.75, 3.05) is 25.6 Å². The van der Waals surface area contributed by atoms with Gasteiger partial charge in [-0.15, -0.1) is 0 Å². The second kappa shape index (κ2) is 4.14. The van der Waals surface area contributed by atoms with Crippen molar-refractivity contribution in [3.8, 4) is 0 Å². The first kappa shape index (κ1) is 10.6. The Hall–Kier alpha value is 0.500. The fraction of sp³-hybridized carbons (Fsp3) is 1.00. The Morgan fingerprint density at radius 1 is 1.75 bits per heavy atom. The first-order valence-electron chi connectivity index (χ1n) is 4.18. The van der Waals surface area contributed by atoms with E-state index < -0.39 is 7.52 Å². The van der Waals surface area contributed by atoms with Crippen LogP contribution in [0.25, 0.3) is 0 Å². The summed E-state index contributed by atoms with van der Waals surface area (Å²) in [5.74, 6) is 0.723. The third-order valence-electron chi connectivity index (χ3n) is 2.10. The molecule has 1 aliphatic heterocycles. The zero-order valence-corrected chi connectivity index (χ0v) is 9.35. The Morgan fingerprint density at radius 2 is 2.42 bits per heavy atom. The van der Waals surface area contributed by atoms with E-state index in [9.17, 15) is 4.57 Å². The first-order chi connectivity index (χ1) is 5.58. The standard InChI is InChI=1S/C7H16NO2PS/c1-7(6-12)8-4-3-5-10-11(8,2)9/h7,12H,3-6H2,1-2H3. The molecule has 0 spiro atoms. The average molecular weight is 209 g/mol. The number of thiol groups is 1. The summed E-state index contributed by atoms with van der Waals surface area (Å²) in [6.45, 7) is 5.21. The predicted octanol–water partition coefficient (Wildman–Crippen LogP) is 1.85. The van der Waals surface area contributed by atoms with Gasteiger partial charge >= 0.3 is 0 Å². The van der Waals surface area contributed by atoms with Crippen molar-refractivity contribution in [1.29, 1.82) is 0 Å². The van der Waals surface area contributed by atoms with E-state index in [4.69, 9.17) is 4.52 Å². The van der Waals surface area contributed by atoms with E-state index in [0.717, 1.165) is 18.7 Å². The van der Waals surface area contributed by atoms with Crippen molar-refractivity contribution in [2.45, 2.75) is 19.4 Å². The second-order valence-corrected chi connectivity index (χ2v) is 5.93. The van der Waals surface area contributed by atoms with Crippen molar-refractivity contribution in [3.63, 3.8) is 0 Å². The molecule has 12 heavy (non-hydrogen) atoms. The lowest BCUT2D eigenvalue weighted by atomic mass is 10.3. The van der Waals surface area contributed by atoms with E-state index in [2.05, 4.69) is 12.6 Å². The van der Waals surface area contributed by atoms with Gasteiger partial charge in [-0.2, -0.15) is 12.6 Å². The monoisotopic (exact) mass is 209 g/mol. The summed E-state index contributed by atoms with van der Waals surface area (Å²) < 4.78 is 19.0. The SMILES string of the molecule is CC(CS)N1CCCOP1(C)=O. The molecule has 1 rings (SSSR count). The van der Waals surface area contributed by atoms with Gasteiger partial charge in [0.05, 0.1) is 6.61 Å². The molecule has 0 bridgehead atoms. The molecule has 1 heterocycles. The van der Waals surface area contributed by atoms with Crippen LogP contribution in [0, 0.1) is 0 Å². The molecule has 0 radical (unpaired) electrons. The second-order valence-electron chi connectivity index (χ2n) is 3.18. The average Bonchev–Trinajstić information content (AvgIpc) is 2.02. The molecule has 2 atom stereocenters. The maximum Gasteiger partial charge on any atom is 0.269 e. The third-order valence-corrected chi connectivity index (χ3v) is 4.82. The lowest BCUT2D eigenvalue weighted by Crippen LogP contribution is -2.36. The Labute approximate surface area is 79.4 Å². The highest BCUT2D eigenvalue weighted by molar-refractivity contribution is 7.80. The van der Waals surface area contributed by atoms with Gasteiger partial charge in [0.15, 0.2) is 0 Å². The van der Waals surface area contributed by atoms with Crippen LogP contribution in [-0.2, 0) is 9.09 Å². The zero-order chi connectivity index (χ0) is 9.19. The summed E-state index contributed by atoms with van der Waals surface area (Å²) in [6, 6.07) is 0.240. The molecule has 0 aromatic carbocycles. The minimum atomic E-state index is -2.48. The molecule has 1 aliphatic rings. The lowest BCUT2D eigenvalue weighted by molar-refractivity contribution is 0.192. The molecular weight excluding hydrogens is 193 g/mol. The van der Waals surface area contributed by atoms with Crippen molar-refractivity contribution in [2.24, 2.45) is 0 Å². The van der Waals surface area contributed by atoms with Crippen molar-refractivity contribution in [3.05, 3.63) is 0 Å². The predicted molar refractivity (Wildman–Crippen MR) is 54.1 cm³/mol. The van der Waals surface area contributed by atoms with Crippen LogP contribution in [-0.4, -0.2) is 36.3 Å². The molecule has 3 nitrogen and oxygen atoms in total. The largest absolute Gasteiger partial charge is 0.318 e. The number of rotatable bonds is 2. The fourth-order valence-electron chi connectivity index (χ4n) is 1.39. The minimum Gasteiger partial charge on any atom is -0.318 e. The molecule has 0 saturated carbocycles. The Morgan fingerprint density at radius 3 is 2.92 bits per heavy atom. The molecule has 1 saturated heterocycles. The highest BCUT2D eigenvalue weighted by atomic mass is 32.1. The van der Waals surface area contributed by atoms with Crippen LogP contribution in [0.15, 0.2) is 0 Å². The minimum absolute atomic E-state index is 0.240. The van der Waals surface area contributed by atoms with Crippen molar-refractivity contribution >= 4 is 20.1 Å². The van der Waals surface area contributed by atoms with E-state index in [0.29, 0.717) is 6.61 Å². The van der Waals surface area contributed by atoms with Crippen LogP contribution in [0.1, 0.15) is 13.3 Å². The highest BCUT2D eigenvalue weighted by Gasteiger charge is 2.32. The quantitative estimate of drug-likeness (QED) is 0.556. The van der Waals surface area contributed by atoms with Gasteiger partial charge < -0.3 is 4.52 Å². The molecule has 72 valence electrons. The van der Waals surface area contributed by atoms with Gasteiger partial charge in [0.2, 0.25) is 0 Å². The molecule has 0 aliphatic carbocycles. The molecule has 0 aromatic rings. The van der Waals surface area contributed by atoms with E-state index in [1.54, 1.807) is 6.66 Å². The van der Waals surface area contributed by atoms with Gasteiger partial charge in [-0.1, -0.05) is 0 Å². The van der Waals surface area contributed by atoms with Gasteiger partial charge in [0.1, 0.15) is 0 Å². The molecule has 0 amide bonds. The summed E-state index contributed by atoms with van der Waals surface area (Å²) in [5, 5.41) is 0. The molecular formula is C7H16NO2PS. The Kier molecular flexibility index (Phi) is 3.65. The summed E-state index contributed by atoms with van der Waals surface area (Å²) in [5.41, 5.74) is 0. The fourth-order valence-corrected chi connectivity index (χ4v) is 3.63. The molecule has 1 fully saturated rings. The van der Waals surface area contributed by atoms with Crippen LogP contribution in [0.5, 0.6) is 0 Å². The lowest BCUT2D eigenvalue weighted by Gasteiger charge is -2.36. The van der Waals surface area contributed by atoms with Crippen LogP contribution < -0.4 is 0 Å². The Bertz CT molecular complexity index is 200. The van der Waals surface area contributed by atoms with E-state index >= 15 is 0 Å². The first-order valence-corrected chi connectivity index (χ1v) is 6.83. The number of hydrogen-bond donors (Lipinski definition) is 1. The number of nitrogens with zero attached hydrogens (tertiary/aromatic N) is 1. The normalized spacial score (nSPS) is 34.9. The molecule has 0 N–H and O–H groups in total.